The number of esters is 1. The molecule has 2 heteroatoms. The topological polar surface area (TPSA) is 26.3 Å². The van der Waals surface area contributed by atoms with Crippen LogP contribution in [0.15, 0.2) is 0 Å². The Bertz CT molecular complexity index is 231. The van der Waals surface area contributed by atoms with Gasteiger partial charge in [0.1, 0.15) is 6.10 Å². The Hall–Kier alpha value is -0.530. The Morgan fingerprint density at radius 3 is 2.50 bits per heavy atom. The smallest absolute Gasteiger partial charge is 0.302 e. The Morgan fingerprint density at radius 2 is 1.81 bits per heavy atom. The Morgan fingerprint density at radius 1 is 1.12 bits per heavy atom. The third-order valence-corrected chi connectivity index (χ3v) is 3.45. The second kappa shape index (κ2) is 5.70. The standard InChI is InChI=1S/C14H19O2/c1-11(15)16-14-10-6-5-9-13(14)12-7-3-2-4-8-12/h2-4,7-8,12-14H,5-6,9-10H2,1H3/t13-,14+/m1/s1. The quantitative estimate of drug-likeness (QED) is 0.667. The van der Waals surface area contributed by atoms with Gasteiger partial charge in [0.05, 0.1) is 0 Å². The molecular weight excluding hydrogens is 200 g/mol. The normalized spacial score (nSPS) is 32.3. The summed E-state index contributed by atoms with van der Waals surface area (Å²) in [5, 5.41) is 0. The van der Waals surface area contributed by atoms with E-state index in [0.29, 0.717) is 11.8 Å². The van der Waals surface area contributed by atoms with Gasteiger partial charge in [-0.15, -0.1) is 0 Å². The summed E-state index contributed by atoms with van der Waals surface area (Å²) >= 11 is 0. The van der Waals surface area contributed by atoms with Crippen molar-refractivity contribution in [1.29, 1.82) is 0 Å². The van der Waals surface area contributed by atoms with Crippen molar-refractivity contribution >= 4 is 5.97 Å². The Kier molecular flexibility index (Phi) is 4.25. The van der Waals surface area contributed by atoms with E-state index < -0.39 is 0 Å². The molecule has 0 N–H and O–H groups in total. The summed E-state index contributed by atoms with van der Waals surface area (Å²) in [6.07, 6.45) is 15.4. The van der Waals surface area contributed by atoms with Crippen molar-refractivity contribution in [2.45, 2.75) is 38.7 Å². The van der Waals surface area contributed by atoms with Crippen LogP contribution in [0.4, 0.5) is 0 Å². The van der Waals surface area contributed by atoms with Gasteiger partial charge >= 0.3 is 5.97 Å². The highest BCUT2D eigenvalue weighted by molar-refractivity contribution is 5.66. The van der Waals surface area contributed by atoms with Gasteiger partial charge < -0.3 is 4.74 Å². The van der Waals surface area contributed by atoms with E-state index in [1.807, 2.05) is 6.42 Å². The molecule has 2 fully saturated rings. The van der Waals surface area contributed by atoms with Crippen LogP contribution in [0.25, 0.3) is 0 Å². The lowest BCUT2D eigenvalue weighted by Crippen LogP contribution is -2.36. The minimum Gasteiger partial charge on any atom is -0.462 e. The van der Waals surface area contributed by atoms with E-state index in [9.17, 15) is 4.79 Å². The van der Waals surface area contributed by atoms with E-state index in [4.69, 9.17) is 4.74 Å². The molecule has 0 aromatic rings. The molecule has 2 rings (SSSR count). The second-order valence-electron chi connectivity index (χ2n) is 4.64. The van der Waals surface area contributed by atoms with Crippen molar-refractivity contribution in [3.8, 4) is 0 Å². The molecule has 2 nitrogen and oxygen atoms in total. The first kappa shape index (κ1) is 11.9. The molecule has 0 bridgehead atoms. The zero-order valence-corrected chi connectivity index (χ0v) is 9.76. The molecule has 0 aliphatic heterocycles. The lowest BCUT2D eigenvalue weighted by atomic mass is 9.72. The van der Waals surface area contributed by atoms with Crippen LogP contribution in [0.5, 0.6) is 0 Å². The average Bonchev–Trinajstić information content (AvgIpc) is 2.30. The summed E-state index contributed by atoms with van der Waals surface area (Å²) in [5.41, 5.74) is 0. The largest absolute Gasteiger partial charge is 0.462 e. The zero-order valence-electron chi connectivity index (χ0n) is 9.76. The van der Waals surface area contributed by atoms with Crippen LogP contribution >= 0.6 is 0 Å². The monoisotopic (exact) mass is 219 g/mol. The number of carbonyl (C=O) groups excluding carboxylic acids is 1. The molecule has 0 unspecified atom stereocenters. The van der Waals surface area contributed by atoms with Gasteiger partial charge in [0.25, 0.3) is 0 Å². The molecule has 0 aromatic heterocycles. The predicted octanol–water partition coefficient (Wildman–Crippen LogP) is 2.76. The molecule has 2 aliphatic rings. The van der Waals surface area contributed by atoms with Crippen molar-refractivity contribution in [3.05, 3.63) is 32.1 Å². The summed E-state index contributed by atoms with van der Waals surface area (Å²) < 4.78 is 5.44. The lowest BCUT2D eigenvalue weighted by molar-refractivity contribution is -0.151. The maximum atomic E-state index is 11.1. The molecule has 0 heterocycles. The summed E-state index contributed by atoms with van der Waals surface area (Å²) in [4.78, 5) is 11.1. The van der Waals surface area contributed by atoms with Gasteiger partial charge in [-0.05, 0) is 63.2 Å². The Balaban J connectivity index is 1.94. The summed E-state index contributed by atoms with van der Waals surface area (Å²) in [5.74, 6) is 0.765. The van der Waals surface area contributed by atoms with Crippen molar-refractivity contribution in [2.75, 3.05) is 0 Å². The van der Waals surface area contributed by atoms with Crippen LogP contribution in [0.3, 0.4) is 0 Å². The van der Waals surface area contributed by atoms with Crippen LogP contribution in [0.2, 0.25) is 0 Å². The molecule has 0 amide bonds. The van der Waals surface area contributed by atoms with Crippen LogP contribution in [-0.2, 0) is 9.53 Å². The zero-order chi connectivity index (χ0) is 11.4. The van der Waals surface area contributed by atoms with Crippen molar-refractivity contribution < 1.29 is 9.53 Å². The molecule has 2 aliphatic carbocycles. The predicted molar refractivity (Wildman–Crippen MR) is 62.5 cm³/mol. The third kappa shape index (κ3) is 2.99. The highest BCUT2D eigenvalue weighted by Gasteiger charge is 2.34. The molecule has 0 spiro atoms. The molecule has 5 radical (unpaired) electrons. The summed E-state index contributed by atoms with van der Waals surface area (Å²) in [6.45, 7) is 1.51. The van der Waals surface area contributed by atoms with Gasteiger partial charge in [-0.2, -0.15) is 0 Å². The number of hydrogen-bond donors (Lipinski definition) is 0. The van der Waals surface area contributed by atoms with Crippen LogP contribution in [-0.4, -0.2) is 12.1 Å². The maximum Gasteiger partial charge on any atom is 0.302 e. The number of rotatable bonds is 2. The summed E-state index contributed by atoms with van der Waals surface area (Å²) in [6, 6.07) is 0. The second-order valence-corrected chi connectivity index (χ2v) is 4.64. The molecular formula is C14H19O2. The Labute approximate surface area is 98.7 Å². The van der Waals surface area contributed by atoms with Crippen LogP contribution in [0, 0.1) is 43.9 Å². The third-order valence-electron chi connectivity index (χ3n) is 3.45. The van der Waals surface area contributed by atoms with Gasteiger partial charge in [-0.3, -0.25) is 4.79 Å². The van der Waals surface area contributed by atoms with Crippen molar-refractivity contribution in [1.82, 2.24) is 0 Å². The molecule has 2 atom stereocenters. The van der Waals surface area contributed by atoms with Crippen molar-refractivity contribution in [3.63, 3.8) is 0 Å². The lowest BCUT2D eigenvalue weighted by Gasteiger charge is -2.37. The van der Waals surface area contributed by atoms with Crippen LogP contribution < -0.4 is 0 Å². The van der Waals surface area contributed by atoms with Crippen molar-refractivity contribution in [2.24, 2.45) is 11.8 Å². The van der Waals surface area contributed by atoms with E-state index in [-0.39, 0.29) is 12.1 Å². The average molecular weight is 219 g/mol. The fourth-order valence-electron chi connectivity index (χ4n) is 2.72. The van der Waals surface area contributed by atoms with E-state index in [2.05, 4.69) is 25.7 Å². The first-order valence-corrected chi connectivity index (χ1v) is 6.13. The molecule has 2 saturated carbocycles. The summed E-state index contributed by atoms with van der Waals surface area (Å²) in [7, 11) is 0. The van der Waals surface area contributed by atoms with E-state index in [0.717, 1.165) is 12.8 Å². The molecule has 0 saturated heterocycles. The molecule has 0 aromatic carbocycles. The van der Waals surface area contributed by atoms with E-state index in [1.165, 1.54) is 19.8 Å². The van der Waals surface area contributed by atoms with Gasteiger partial charge in [0, 0.05) is 6.92 Å². The SMILES string of the molecule is CC(=O)O[C@H]1CCCC[C@@H]1C1[CH][CH][CH][CH][CH]1. The van der Waals surface area contributed by atoms with Gasteiger partial charge in [-0.25, -0.2) is 0 Å². The number of carbonyl (C=O) groups is 1. The van der Waals surface area contributed by atoms with Gasteiger partial charge in [0.15, 0.2) is 0 Å². The fourth-order valence-corrected chi connectivity index (χ4v) is 2.72. The highest BCUT2D eigenvalue weighted by Crippen LogP contribution is 2.38. The van der Waals surface area contributed by atoms with E-state index >= 15 is 0 Å². The first-order valence-electron chi connectivity index (χ1n) is 6.13. The van der Waals surface area contributed by atoms with E-state index in [1.54, 1.807) is 0 Å². The fraction of sp³-hybridized carbons (Fsp3) is 0.571. The molecule has 87 valence electrons. The van der Waals surface area contributed by atoms with Crippen LogP contribution in [0.1, 0.15) is 32.6 Å². The number of ether oxygens (including phenoxy) is 1. The minimum atomic E-state index is -0.146. The number of hydrogen-bond acceptors (Lipinski definition) is 2. The maximum absolute atomic E-state index is 11.1. The molecule has 16 heavy (non-hydrogen) atoms. The first-order chi connectivity index (χ1) is 7.77. The minimum absolute atomic E-state index is 0.114. The van der Waals surface area contributed by atoms with Gasteiger partial charge in [-0.1, -0.05) is 6.42 Å². The highest BCUT2D eigenvalue weighted by atomic mass is 16.5. The van der Waals surface area contributed by atoms with Gasteiger partial charge in [0.2, 0.25) is 0 Å².